The van der Waals surface area contributed by atoms with Gasteiger partial charge in [-0.05, 0) is 24.5 Å². The number of hydrogen-bond donors (Lipinski definition) is 1. The van der Waals surface area contributed by atoms with Crippen LogP contribution in [0.4, 0.5) is 17.1 Å². The molecule has 2 aromatic carbocycles. The summed E-state index contributed by atoms with van der Waals surface area (Å²) in [6.07, 6.45) is 3.07. The summed E-state index contributed by atoms with van der Waals surface area (Å²) in [7, 11) is 0. The molecule has 8 heteroatoms. The van der Waals surface area contributed by atoms with Gasteiger partial charge in [0.2, 0.25) is 0 Å². The number of anilines is 1. The van der Waals surface area contributed by atoms with Crippen molar-refractivity contribution >= 4 is 23.3 Å². The van der Waals surface area contributed by atoms with Crippen molar-refractivity contribution in [2.75, 3.05) is 5.43 Å². The van der Waals surface area contributed by atoms with Crippen LogP contribution in [0.5, 0.6) is 0 Å². The summed E-state index contributed by atoms with van der Waals surface area (Å²) in [6, 6.07) is 13.2. The minimum Gasteiger partial charge on any atom is -0.272 e. The maximum Gasteiger partial charge on any atom is 0.301 e. The molecule has 0 aliphatic carbocycles. The van der Waals surface area contributed by atoms with E-state index < -0.39 is 9.85 Å². The van der Waals surface area contributed by atoms with E-state index in [9.17, 15) is 20.2 Å². The van der Waals surface area contributed by atoms with E-state index >= 15 is 0 Å². The van der Waals surface area contributed by atoms with Crippen molar-refractivity contribution in [1.29, 1.82) is 0 Å². The summed E-state index contributed by atoms with van der Waals surface area (Å²) in [5.74, 6) is 0. The summed E-state index contributed by atoms with van der Waals surface area (Å²) in [5, 5.41) is 25.5. The number of nitrogens with zero attached hydrogens (tertiary/aromatic N) is 3. The predicted molar refractivity (Wildman–Crippen MR) is 86.6 cm³/mol. The van der Waals surface area contributed by atoms with Gasteiger partial charge >= 0.3 is 5.69 Å². The number of nitro benzene ring substituents is 2. The number of nitro groups is 2. The van der Waals surface area contributed by atoms with Crippen LogP contribution in [-0.2, 0) is 6.42 Å². The first-order valence-corrected chi connectivity index (χ1v) is 6.82. The van der Waals surface area contributed by atoms with E-state index in [4.69, 9.17) is 0 Å². The van der Waals surface area contributed by atoms with Gasteiger partial charge in [-0.15, -0.1) is 0 Å². The Balaban J connectivity index is 1.98. The molecule has 2 aromatic rings. The Bertz CT molecular complexity index is 732. The van der Waals surface area contributed by atoms with Gasteiger partial charge in [-0.3, -0.25) is 25.7 Å². The molecule has 118 valence electrons. The summed E-state index contributed by atoms with van der Waals surface area (Å²) in [5.41, 5.74) is 3.10. The third-order valence-electron chi connectivity index (χ3n) is 3.07. The second kappa shape index (κ2) is 7.64. The molecule has 0 unspecified atom stereocenters. The first-order valence-electron chi connectivity index (χ1n) is 6.82. The minimum absolute atomic E-state index is 0.108. The maximum atomic E-state index is 11.0. The highest BCUT2D eigenvalue weighted by Crippen LogP contribution is 2.28. The number of hydrazone groups is 1. The number of aryl methyl sites for hydroxylation is 1. The Labute approximate surface area is 131 Å². The van der Waals surface area contributed by atoms with Crippen molar-refractivity contribution in [2.24, 2.45) is 5.10 Å². The lowest BCUT2D eigenvalue weighted by atomic mass is 10.1. The predicted octanol–water partition coefficient (Wildman–Crippen LogP) is 3.53. The first kappa shape index (κ1) is 16.1. The molecular weight excluding hydrogens is 300 g/mol. The van der Waals surface area contributed by atoms with Crippen molar-refractivity contribution < 1.29 is 9.85 Å². The van der Waals surface area contributed by atoms with Gasteiger partial charge in [0.1, 0.15) is 5.69 Å². The lowest BCUT2D eigenvalue weighted by Gasteiger charge is -2.02. The maximum absolute atomic E-state index is 11.0. The van der Waals surface area contributed by atoms with Gasteiger partial charge in [0.25, 0.3) is 5.69 Å². The Morgan fingerprint density at radius 3 is 2.43 bits per heavy atom. The molecular formula is C15H14N4O4. The van der Waals surface area contributed by atoms with Crippen molar-refractivity contribution in [2.45, 2.75) is 12.8 Å². The van der Waals surface area contributed by atoms with Gasteiger partial charge in [-0.1, -0.05) is 30.3 Å². The molecule has 0 aliphatic heterocycles. The molecule has 0 heterocycles. The third kappa shape index (κ3) is 4.60. The first-order chi connectivity index (χ1) is 11.1. The molecule has 0 amide bonds. The van der Waals surface area contributed by atoms with Crippen LogP contribution in [-0.4, -0.2) is 16.1 Å². The minimum atomic E-state index is -0.686. The van der Waals surface area contributed by atoms with Gasteiger partial charge < -0.3 is 0 Å². The highest BCUT2D eigenvalue weighted by atomic mass is 16.6. The van der Waals surface area contributed by atoms with Crippen molar-refractivity contribution in [3.63, 3.8) is 0 Å². The van der Waals surface area contributed by atoms with Crippen LogP contribution in [0.25, 0.3) is 0 Å². The molecule has 0 fully saturated rings. The van der Waals surface area contributed by atoms with Gasteiger partial charge in [0, 0.05) is 12.3 Å². The standard InChI is InChI=1S/C15H14N4O4/c20-18(21)13-8-9-14(15(11-13)19(22)23)17-16-10-4-7-12-5-2-1-3-6-12/h1-3,5-6,8-11,17H,4,7H2. The quantitative estimate of drug-likeness (QED) is 0.477. The van der Waals surface area contributed by atoms with Crippen LogP contribution in [0.15, 0.2) is 53.6 Å². The Kier molecular flexibility index (Phi) is 5.35. The fourth-order valence-corrected chi connectivity index (χ4v) is 1.93. The summed E-state index contributed by atoms with van der Waals surface area (Å²) >= 11 is 0. The number of nitrogens with one attached hydrogen (secondary N) is 1. The highest BCUT2D eigenvalue weighted by Gasteiger charge is 2.18. The largest absolute Gasteiger partial charge is 0.301 e. The molecule has 8 nitrogen and oxygen atoms in total. The summed E-state index contributed by atoms with van der Waals surface area (Å²) in [6.45, 7) is 0. The normalized spacial score (nSPS) is 10.6. The molecule has 23 heavy (non-hydrogen) atoms. The highest BCUT2D eigenvalue weighted by molar-refractivity contribution is 5.67. The van der Waals surface area contributed by atoms with E-state index in [0.29, 0.717) is 6.42 Å². The topological polar surface area (TPSA) is 111 Å². The Morgan fingerprint density at radius 2 is 1.78 bits per heavy atom. The van der Waals surface area contributed by atoms with E-state index in [1.807, 2.05) is 30.3 Å². The second-order valence-corrected chi connectivity index (χ2v) is 4.66. The number of non-ortho nitro benzene ring substituents is 1. The molecule has 0 spiro atoms. The monoisotopic (exact) mass is 314 g/mol. The third-order valence-corrected chi connectivity index (χ3v) is 3.07. The average Bonchev–Trinajstić information content (AvgIpc) is 2.55. The molecule has 0 atom stereocenters. The second-order valence-electron chi connectivity index (χ2n) is 4.66. The molecule has 0 aliphatic rings. The SMILES string of the molecule is O=[N+]([O-])c1ccc(NN=CCCc2ccccc2)c([N+](=O)[O-])c1. The molecule has 0 bridgehead atoms. The van der Waals surface area contributed by atoms with Crippen LogP contribution in [0.1, 0.15) is 12.0 Å². The summed E-state index contributed by atoms with van der Waals surface area (Å²) in [4.78, 5) is 20.2. The van der Waals surface area contributed by atoms with Crippen LogP contribution >= 0.6 is 0 Å². The molecule has 2 rings (SSSR count). The zero-order chi connectivity index (χ0) is 16.7. The van der Waals surface area contributed by atoms with Gasteiger partial charge in [-0.25, -0.2) is 0 Å². The lowest BCUT2D eigenvalue weighted by molar-refractivity contribution is -0.393. The number of benzene rings is 2. The van der Waals surface area contributed by atoms with E-state index in [2.05, 4.69) is 10.5 Å². The Morgan fingerprint density at radius 1 is 1.04 bits per heavy atom. The van der Waals surface area contributed by atoms with Crippen molar-refractivity contribution in [1.82, 2.24) is 0 Å². The van der Waals surface area contributed by atoms with Crippen LogP contribution < -0.4 is 5.43 Å². The van der Waals surface area contributed by atoms with E-state index in [-0.39, 0.29) is 17.1 Å². The van der Waals surface area contributed by atoms with E-state index in [0.717, 1.165) is 12.5 Å². The van der Waals surface area contributed by atoms with E-state index in [1.165, 1.54) is 17.7 Å². The fourth-order valence-electron chi connectivity index (χ4n) is 1.93. The zero-order valence-corrected chi connectivity index (χ0v) is 12.1. The molecule has 0 aromatic heterocycles. The Hall–Kier alpha value is -3.29. The van der Waals surface area contributed by atoms with E-state index in [1.54, 1.807) is 6.21 Å². The number of rotatable bonds is 7. The van der Waals surface area contributed by atoms with Gasteiger partial charge in [0.05, 0.1) is 15.9 Å². The summed E-state index contributed by atoms with van der Waals surface area (Å²) < 4.78 is 0. The van der Waals surface area contributed by atoms with Crippen LogP contribution in [0, 0.1) is 20.2 Å². The fraction of sp³-hybridized carbons (Fsp3) is 0.133. The smallest absolute Gasteiger partial charge is 0.272 e. The average molecular weight is 314 g/mol. The number of hydrogen-bond acceptors (Lipinski definition) is 6. The van der Waals surface area contributed by atoms with Crippen molar-refractivity contribution in [3.8, 4) is 0 Å². The van der Waals surface area contributed by atoms with Crippen LogP contribution in [0.2, 0.25) is 0 Å². The van der Waals surface area contributed by atoms with Crippen molar-refractivity contribution in [3.05, 3.63) is 74.3 Å². The molecule has 1 N–H and O–H groups in total. The van der Waals surface area contributed by atoms with Gasteiger partial charge in [-0.2, -0.15) is 5.10 Å². The molecule has 0 saturated heterocycles. The van der Waals surface area contributed by atoms with Gasteiger partial charge in [0.15, 0.2) is 0 Å². The molecule has 0 radical (unpaired) electrons. The molecule has 0 saturated carbocycles. The lowest BCUT2D eigenvalue weighted by Crippen LogP contribution is -1.98. The zero-order valence-electron chi connectivity index (χ0n) is 12.1. The van der Waals surface area contributed by atoms with Crippen LogP contribution in [0.3, 0.4) is 0 Å².